The number of imidazole rings is 1. The van der Waals surface area contributed by atoms with Crippen molar-refractivity contribution in [1.29, 1.82) is 0 Å². The minimum atomic E-state index is -0.101. The van der Waals surface area contributed by atoms with Crippen molar-refractivity contribution in [3.63, 3.8) is 0 Å². The minimum absolute atomic E-state index is 0.101. The molecule has 0 spiro atoms. The molecule has 0 amide bonds. The lowest BCUT2D eigenvalue weighted by Gasteiger charge is -2.14. The van der Waals surface area contributed by atoms with E-state index in [1.807, 2.05) is 103 Å². The van der Waals surface area contributed by atoms with Crippen LogP contribution in [0.1, 0.15) is 0 Å². The molecule has 0 aliphatic rings. The molecule has 6 aromatic rings. The van der Waals surface area contributed by atoms with Gasteiger partial charge in [-0.25, -0.2) is 9.97 Å². The van der Waals surface area contributed by atoms with Gasteiger partial charge in [-0.15, -0.1) is 0 Å². The molecule has 0 aliphatic carbocycles. The van der Waals surface area contributed by atoms with Crippen LogP contribution in [0.4, 0.5) is 0 Å². The van der Waals surface area contributed by atoms with Gasteiger partial charge in [-0.1, -0.05) is 66.7 Å². The number of hydrogen-bond acceptors (Lipinski definition) is 3. The fourth-order valence-corrected chi connectivity index (χ4v) is 4.03. The van der Waals surface area contributed by atoms with Crippen LogP contribution in [0.2, 0.25) is 0 Å². The molecular weight excluding hydrogens is 396 g/mol. The van der Waals surface area contributed by atoms with Gasteiger partial charge in [-0.2, -0.15) is 0 Å². The van der Waals surface area contributed by atoms with E-state index in [1.54, 1.807) is 4.57 Å². The Morgan fingerprint density at radius 1 is 0.656 bits per heavy atom. The highest BCUT2D eigenvalue weighted by Crippen LogP contribution is 2.26. The molecule has 0 radical (unpaired) electrons. The molecule has 0 saturated heterocycles. The number of benzene rings is 4. The number of para-hydroxylation sites is 3. The zero-order valence-corrected chi connectivity index (χ0v) is 17.1. The van der Waals surface area contributed by atoms with Gasteiger partial charge in [-0.3, -0.25) is 9.36 Å². The maximum atomic E-state index is 13.6. The lowest BCUT2D eigenvalue weighted by molar-refractivity contribution is 0.976. The first-order valence-corrected chi connectivity index (χ1v) is 10.4. The highest BCUT2D eigenvalue weighted by molar-refractivity contribution is 5.82. The number of aromatic amines is 1. The monoisotopic (exact) mass is 414 g/mol. The third-order valence-corrected chi connectivity index (χ3v) is 5.57. The number of nitrogens with one attached hydrogen (secondary N) is 1. The Morgan fingerprint density at radius 2 is 1.38 bits per heavy atom. The van der Waals surface area contributed by atoms with E-state index in [2.05, 4.69) is 4.98 Å². The number of H-pyrrole nitrogens is 1. The summed E-state index contributed by atoms with van der Waals surface area (Å²) in [6.45, 7) is 0. The number of rotatable bonds is 3. The molecule has 2 heterocycles. The minimum Gasteiger partial charge on any atom is -0.338 e. The van der Waals surface area contributed by atoms with Gasteiger partial charge in [-0.05, 0) is 36.4 Å². The summed E-state index contributed by atoms with van der Waals surface area (Å²) in [5.74, 6) is 1.37. The molecule has 2 aromatic heterocycles. The third kappa shape index (κ3) is 2.99. The van der Waals surface area contributed by atoms with Crippen molar-refractivity contribution in [2.45, 2.75) is 0 Å². The first-order valence-electron chi connectivity index (χ1n) is 10.4. The molecule has 0 fully saturated rings. The van der Waals surface area contributed by atoms with Gasteiger partial charge in [0.2, 0.25) is 0 Å². The summed E-state index contributed by atoms with van der Waals surface area (Å²) in [7, 11) is 0. The number of hydrogen-bond donors (Lipinski definition) is 1. The average molecular weight is 414 g/mol. The number of aromatic nitrogens is 4. The number of fused-ring (bicyclic) bond motifs is 2. The molecule has 5 heteroatoms. The largest absolute Gasteiger partial charge is 0.338 e. The molecule has 1 N–H and O–H groups in total. The van der Waals surface area contributed by atoms with E-state index in [-0.39, 0.29) is 5.56 Å². The standard InChI is InChI=1S/C27H18N4O/c32-27-21-13-4-5-14-22(21)30-26(18-9-2-1-3-10-18)31(27)20-12-8-11-19(17-20)25-28-23-15-6-7-16-24(23)29-25/h1-17H,(H,28,29). The van der Waals surface area contributed by atoms with Crippen molar-refractivity contribution >= 4 is 21.9 Å². The molecule has 0 unspecified atom stereocenters. The van der Waals surface area contributed by atoms with Crippen LogP contribution in [0.25, 0.3) is 50.4 Å². The summed E-state index contributed by atoms with van der Waals surface area (Å²) >= 11 is 0. The van der Waals surface area contributed by atoms with Crippen molar-refractivity contribution in [3.05, 3.63) is 113 Å². The van der Waals surface area contributed by atoms with Crippen LogP contribution in [0.3, 0.4) is 0 Å². The van der Waals surface area contributed by atoms with Crippen LogP contribution >= 0.6 is 0 Å². The normalized spacial score (nSPS) is 11.2. The van der Waals surface area contributed by atoms with Crippen LogP contribution in [-0.2, 0) is 0 Å². The van der Waals surface area contributed by atoms with E-state index in [0.29, 0.717) is 16.7 Å². The van der Waals surface area contributed by atoms with Gasteiger partial charge >= 0.3 is 0 Å². The fraction of sp³-hybridized carbons (Fsp3) is 0. The zero-order valence-electron chi connectivity index (χ0n) is 17.1. The average Bonchev–Trinajstić information content (AvgIpc) is 3.29. The first-order chi connectivity index (χ1) is 15.8. The summed E-state index contributed by atoms with van der Waals surface area (Å²) in [4.78, 5) is 26.5. The molecule has 152 valence electrons. The Hall–Kier alpha value is -4.51. The summed E-state index contributed by atoms with van der Waals surface area (Å²) in [6, 6.07) is 33.0. The maximum absolute atomic E-state index is 13.6. The SMILES string of the molecule is O=c1c2ccccc2nc(-c2ccccc2)n1-c1cccc(-c2nc3ccccc3[nH]2)c1. The molecule has 4 aromatic carbocycles. The van der Waals surface area contributed by atoms with Crippen molar-refractivity contribution in [1.82, 2.24) is 19.5 Å². The fourth-order valence-electron chi connectivity index (χ4n) is 4.03. The molecule has 0 saturated carbocycles. The van der Waals surface area contributed by atoms with Crippen LogP contribution in [0, 0.1) is 0 Å². The van der Waals surface area contributed by atoms with E-state index >= 15 is 0 Å². The molecule has 32 heavy (non-hydrogen) atoms. The second-order valence-corrected chi connectivity index (χ2v) is 7.61. The van der Waals surface area contributed by atoms with Crippen LogP contribution in [0.5, 0.6) is 0 Å². The quantitative estimate of drug-likeness (QED) is 0.410. The van der Waals surface area contributed by atoms with Crippen LogP contribution in [-0.4, -0.2) is 19.5 Å². The Labute approximate surface area is 183 Å². The highest BCUT2D eigenvalue weighted by Gasteiger charge is 2.15. The van der Waals surface area contributed by atoms with Gasteiger partial charge < -0.3 is 4.98 Å². The van der Waals surface area contributed by atoms with E-state index in [4.69, 9.17) is 9.97 Å². The summed E-state index contributed by atoms with van der Waals surface area (Å²) in [5, 5.41) is 0.585. The van der Waals surface area contributed by atoms with Gasteiger partial charge in [0.1, 0.15) is 11.6 Å². The van der Waals surface area contributed by atoms with Crippen molar-refractivity contribution < 1.29 is 0 Å². The van der Waals surface area contributed by atoms with Gasteiger partial charge in [0, 0.05) is 11.1 Å². The van der Waals surface area contributed by atoms with E-state index in [0.717, 1.165) is 33.7 Å². The number of nitrogens with zero attached hydrogens (tertiary/aromatic N) is 3. The summed E-state index contributed by atoms with van der Waals surface area (Å²) < 4.78 is 1.68. The lowest BCUT2D eigenvalue weighted by atomic mass is 10.1. The van der Waals surface area contributed by atoms with E-state index < -0.39 is 0 Å². The Bertz CT molecular complexity index is 1610. The highest BCUT2D eigenvalue weighted by atomic mass is 16.1. The molecule has 0 atom stereocenters. The zero-order chi connectivity index (χ0) is 21.5. The summed E-state index contributed by atoms with van der Waals surface area (Å²) in [5.41, 5.74) is 4.98. The second kappa shape index (κ2) is 7.32. The van der Waals surface area contributed by atoms with E-state index in [9.17, 15) is 4.79 Å². The van der Waals surface area contributed by atoms with Crippen LogP contribution in [0.15, 0.2) is 108 Å². The lowest BCUT2D eigenvalue weighted by Crippen LogP contribution is -2.22. The van der Waals surface area contributed by atoms with Crippen molar-refractivity contribution in [2.75, 3.05) is 0 Å². The van der Waals surface area contributed by atoms with Crippen molar-refractivity contribution in [3.8, 4) is 28.5 Å². The predicted octanol–water partition coefficient (Wildman–Crippen LogP) is 5.60. The molecule has 5 nitrogen and oxygen atoms in total. The Kier molecular flexibility index (Phi) is 4.18. The maximum Gasteiger partial charge on any atom is 0.266 e. The smallest absolute Gasteiger partial charge is 0.266 e. The molecule has 0 aliphatic heterocycles. The van der Waals surface area contributed by atoms with Gasteiger partial charge in [0.05, 0.1) is 27.6 Å². The molecular formula is C27H18N4O. The van der Waals surface area contributed by atoms with Gasteiger partial charge in [0.15, 0.2) is 0 Å². The van der Waals surface area contributed by atoms with Crippen LogP contribution < -0.4 is 5.56 Å². The van der Waals surface area contributed by atoms with E-state index in [1.165, 1.54) is 0 Å². The Balaban J connectivity index is 1.60. The first kappa shape index (κ1) is 18.3. The molecule has 0 bridgehead atoms. The Morgan fingerprint density at radius 3 is 2.22 bits per heavy atom. The third-order valence-electron chi connectivity index (χ3n) is 5.57. The summed E-state index contributed by atoms with van der Waals surface area (Å²) in [6.07, 6.45) is 0. The predicted molar refractivity (Wildman–Crippen MR) is 128 cm³/mol. The van der Waals surface area contributed by atoms with Gasteiger partial charge in [0.25, 0.3) is 5.56 Å². The second-order valence-electron chi connectivity index (χ2n) is 7.61. The topological polar surface area (TPSA) is 63.6 Å². The molecule has 6 rings (SSSR count). The van der Waals surface area contributed by atoms with Crippen molar-refractivity contribution in [2.24, 2.45) is 0 Å².